The third kappa shape index (κ3) is 6.21. The largest absolute Gasteiger partial charge is 0.496 e. The minimum absolute atomic E-state index is 0.00137. The lowest BCUT2D eigenvalue weighted by Gasteiger charge is -2.23. The molecule has 8 nitrogen and oxygen atoms in total. The highest BCUT2D eigenvalue weighted by Gasteiger charge is 2.29. The van der Waals surface area contributed by atoms with Gasteiger partial charge < -0.3 is 24.8 Å². The third-order valence-corrected chi connectivity index (χ3v) is 4.56. The number of benzene rings is 1. The molecule has 10 heteroatoms. The van der Waals surface area contributed by atoms with Crippen LogP contribution in [0.25, 0.3) is 0 Å². The molecule has 0 aliphatic carbocycles. The normalized spacial score (nSPS) is 12.0. The van der Waals surface area contributed by atoms with Crippen molar-refractivity contribution in [3.05, 3.63) is 26.6 Å². The van der Waals surface area contributed by atoms with Crippen molar-refractivity contribution in [3.8, 4) is 5.75 Å². The summed E-state index contributed by atoms with van der Waals surface area (Å²) in [5.41, 5.74) is -0.559. The molecule has 0 saturated heterocycles. The molecule has 0 bridgehead atoms. The maximum absolute atomic E-state index is 14.4. The van der Waals surface area contributed by atoms with Crippen LogP contribution in [-0.2, 0) is 20.7 Å². The second kappa shape index (κ2) is 9.89. The Morgan fingerprint density at radius 3 is 2.32 bits per heavy atom. The van der Waals surface area contributed by atoms with Crippen LogP contribution in [0.1, 0.15) is 36.7 Å². The van der Waals surface area contributed by atoms with Gasteiger partial charge in [0, 0.05) is 19.0 Å². The average Bonchev–Trinajstić information content (AvgIpc) is 2.60. The van der Waals surface area contributed by atoms with E-state index in [2.05, 4.69) is 10.6 Å². The van der Waals surface area contributed by atoms with Crippen molar-refractivity contribution in [3.63, 3.8) is 0 Å². The Kier molecular flexibility index (Phi) is 8.46. The van der Waals surface area contributed by atoms with Crippen LogP contribution in [0.15, 0.2) is 6.07 Å². The summed E-state index contributed by atoms with van der Waals surface area (Å²) < 4.78 is 29.7. The van der Waals surface area contributed by atoms with Gasteiger partial charge in [-0.15, -0.1) is 0 Å². The lowest BCUT2D eigenvalue weighted by Crippen LogP contribution is -2.45. The molecule has 2 N–H and O–H groups in total. The number of hydrogen-bond acceptors (Lipinski definition) is 6. The summed E-state index contributed by atoms with van der Waals surface area (Å²) in [7, 11) is 3.89. The van der Waals surface area contributed by atoms with E-state index in [0.29, 0.717) is 0 Å². The maximum Gasteiger partial charge on any atom is 0.408 e. The fraction of sp³-hybridized carbons (Fsp3) is 0.500. The van der Waals surface area contributed by atoms with E-state index < -0.39 is 35.4 Å². The average molecular weight is 510 g/mol. The summed E-state index contributed by atoms with van der Waals surface area (Å²) in [5.74, 6) is -1.86. The molecule has 0 aliphatic rings. The predicted octanol–water partition coefficient (Wildman–Crippen LogP) is 2.41. The standard InChI is InChI=1S/C18H24FIN2O6/c1-18(2,3)28-17(25)22-11(16(24)27-6)8-9-7-10(19)13(20)12(14(9)26-5)15(23)21-4/h7,11H,8H2,1-6H3,(H,21,23)(H,22,25). The van der Waals surface area contributed by atoms with E-state index in [9.17, 15) is 18.8 Å². The van der Waals surface area contributed by atoms with Crippen LogP contribution in [-0.4, -0.2) is 50.9 Å². The number of amides is 2. The molecule has 1 aromatic carbocycles. The minimum atomic E-state index is -1.18. The number of alkyl carbamates (subject to hydrolysis) is 1. The van der Waals surface area contributed by atoms with E-state index in [0.717, 1.165) is 13.2 Å². The lowest BCUT2D eigenvalue weighted by molar-refractivity contribution is -0.143. The molecule has 0 aromatic heterocycles. The van der Waals surface area contributed by atoms with Gasteiger partial charge in [-0.05, 0) is 49.4 Å². The molecule has 156 valence electrons. The van der Waals surface area contributed by atoms with Gasteiger partial charge in [-0.2, -0.15) is 0 Å². The summed E-state index contributed by atoms with van der Waals surface area (Å²) in [4.78, 5) is 36.4. The van der Waals surface area contributed by atoms with Crippen LogP contribution in [0.2, 0.25) is 0 Å². The SMILES string of the molecule is CNC(=O)c1c(I)c(F)cc(CC(NC(=O)OC(C)(C)C)C(=O)OC)c1OC. The molecular weight excluding hydrogens is 486 g/mol. The van der Waals surface area contributed by atoms with E-state index in [-0.39, 0.29) is 26.9 Å². The van der Waals surface area contributed by atoms with E-state index in [1.807, 2.05) is 0 Å². The Morgan fingerprint density at radius 2 is 1.86 bits per heavy atom. The fourth-order valence-electron chi connectivity index (χ4n) is 2.38. The topological polar surface area (TPSA) is 103 Å². The number of rotatable bonds is 6. The van der Waals surface area contributed by atoms with Crippen LogP contribution >= 0.6 is 22.6 Å². The van der Waals surface area contributed by atoms with Gasteiger partial charge in [0.15, 0.2) is 0 Å². The van der Waals surface area contributed by atoms with Gasteiger partial charge in [0.2, 0.25) is 0 Å². The number of esters is 1. The molecule has 0 fully saturated rings. The quantitative estimate of drug-likeness (QED) is 0.450. The van der Waals surface area contributed by atoms with Crippen LogP contribution in [0, 0.1) is 9.39 Å². The number of carbonyl (C=O) groups is 3. The number of halogens is 2. The zero-order chi connectivity index (χ0) is 21.6. The van der Waals surface area contributed by atoms with Gasteiger partial charge in [-0.3, -0.25) is 4.79 Å². The Labute approximate surface area is 176 Å². The molecule has 1 atom stereocenters. The summed E-state index contributed by atoms with van der Waals surface area (Å²) in [6, 6.07) is -0.0227. The van der Waals surface area contributed by atoms with Crippen molar-refractivity contribution < 1.29 is 33.0 Å². The van der Waals surface area contributed by atoms with Crippen molar-refractivity contribution in [2.45, 2.75) is 38.8 Å². The molecular formula is C18H24FIN2O6. The Bertz CT molecular complexity index is 763. The van der Waals surface area contributed by atoms with Gasteiger partial charge in [-0.25, -0.2) is 14.0 Å². The smallest absolute Gasteiger partial charge is 0.408 e. The van der Waals surface area contributed by atoms with E-state index in [1.165, 1.54) is 14.2 Å². The number of nitrogens with one attached hydrogen (secondary N) is 2. The summed E-state index contributed by atoms with van der Waals surface area (Å²) in [6.07, 6.45) is -1.01. The first-order valence-corrected chi connectivity index (χ1v) is 9.37. The minimum Gasteiger partial charge on any atom is -0.496 e. The molecule has 1 unspecified atom stereocenters. The maximum atomic E-state index is 14.4. The molecule has 0 aliphatic heterocycles. The molecule has 0 radical (unpaired) electrons. The Morgan fingerprint density at radius 1 is 1.25 bits per heavy atom. The highest BCUT2D eigenvalue weighted by atomic mass is 127. The molecule has 1 rings (SSSR count). The zero-order valence-electron chi connectivity index (χ0n) is 16.6. The summed E-state index contributed by atoms with van der Waals surface area (Å²) >= 11 is 1.70. The second-order valence-electron chi connectivity index (χ2n) is 6.74. The van der Waals surface area contributed by atoms with E-state index in [4.69, 9.17) is 14.2 Å². The predicted molar refractivity (Wildman–Crippen MR) is 108 cm³/mol. The Balaban J connectivity index is 3.32. The van der Waals surface area contributed by atoms with Gasteiger partial charge >= 0.3 is 12.1 Å². The summed E-state index contributed by atoms with van der Waals surface area (Å²) in [6.45, 7) is 5.02. The van der Waals surface area contributed by atoms with Gasteiger partial charge in [0.25, 0.3) is 5.91 Å². The van der Waals surface area contributed by atoms with Gasteiger partial charge in [0.05, 0.1) is 23.4 Å². The molecule has 0 spiro atoms. The second-order valence-corrected chi connectivity index (χ2v) is 7.82. The van der Waals surface area contributed by atoms with Crippen LogP contribution in [0.4, 0.5) is 9.18 Å². The van der Waals surface area contributed by atoms with Crippen molar-refractivity contribution in [2.24, 2.45) is 0 Å². The van der Waals surface area contributed by atoms with Crippen molar-refractivity contribution in [1.29, 1.82) is 0 Å². The fourth-order valence-corrected chi connectivity index (χ4v) is 3.02. The lowest BCUT2D eigenvalue weighted by atomic mass is 10.0. The molecule has 0 saturated carbocycles. The number of methoxy groups -OCH3 is 2. The van der Waals surface area contributed by atoms with Gasteiger partial charge in [-0.1, -0.05) is 0 Å². The first-order valence-electron chi connectivity index (χ1n) is 8.29. The number of hydrogen-bond donors (Lipinski definition) is 2. The van der Waals surface area contributed by atoms with Crippen molar-refractivity contribution in [2.75, 3.05) is 21.3 Å². The molecule has 1 aromatic rings. The van der Waals surface area contributed by atoms with E-state index >= 15 is 0 Å². The van der Waals surface area contributed by atoms with Crippen LogP contribution in [0.3, 0.4) is 0 Å². The van der Waals surface area contributed by atoms with Crippen molar-refractivity contribution >= 4 is 40.6 Å². The highest BCUT2D eigenvalue weighted by molar-refractivity contribution is 14.1. The summed E-state index contributed by atoms with van der Waals surface area (Å²) in [5, 5.41) is 4.83. The van der Waals surface area contributed by atoms with Gasteiger partial charge in [0.1, 0.15) is 23.2 Å². The number of carbonyl (C=O) groups excluding carboxylic acids is 3. The number of ether oxygens (including phenoxy) is 3. The first kappa shape index (κ1) is 23.9. The first-order chi connectivity index (χ1) is 12.9. The molecule has 28 heavy (non-hydrogen) atoms. The Hall–Kier alpha value is -2.11. The van der Waals surface area contributed by atoms with E-state index in [1.54, 1.807) is 43.4 Å². The molecule has 2 amide bonds. The van der Waals surface area contributed by atoms with Crippen molar-refractivity contribution in [1.82, 2.24) is 10.6 Å². The third-order valence-electron chi connectivity index (χ3n) is 3.51. The molecule has 0 heterocycles. The van der Waals surface area contributed by atoms with Crippen LogP contribution in [0.5, 0.6) is 5.75 Å². The zero-order valence-corrected chi connectivity index (χ0v) is 18.7. The monoisotopic (exact) mass is 510 g/mol. The highest BCUT2D eigenvalue weighted by Crippen LogP contribution is 2.31. The van der Waals surface area contributed by atoms with Crippen LogP contribution < -0.4 is 15.4 Å².